The minimum atomic E-state index is -0.379. The van der Waals surface area contributed by atoms with Gasteiger partial charge in [0.05, 0.1) is 0 Å². The Kier molecular flexibility index (Phi) is 6.01. The average molecular weight is 290 g/mol. The quantitative estimate of drug-likeness (QED) is 0.587. The van der Waals surface area contributed by atoms with Crippen molar-refractivity contribution in [1.29, 1.82) is 0 Å². The SMILES string of the molecule is CC(C)(C)O[SiH3].CCOC12CCCCC1(OCC)O2. The number of hydrogen-bond acceptors (Lipinski definition) is 4. The molecule has 5 heteroatoms. The molecule has 2 fully saturated rings. The van der Waals surface area contributed by atoms with Gasteiger partial charge < -0.3 is 18.6 Å². The molecule has 4 nitrogen and oxygen atoms in total. The Labute approximate surface area is 120 Å². The van der Waals surface area contributed by atoms with Gasteiger partial charge in [-0.15, -0.1) is 0 Å². The zero-order valence-electron chi connectivity index (χ0n) is 13.4. The lowest BCUT2D eigenvalue weighted by molar-refractivity contribution is -0.0860. The fraction of sp³-hybridized carbons (Fsp3) is 1.00. The zero-order valence-corrected chi connectivity index (χ0v) is 15.4. The summed E-state index contributed by atoms with van der Waals surface area (Å²) in [7, 11) is 0.848. The number of ether oxygens (including phenoxy) is 3. The highest BCUT2D eigenvalue weighted by molar-refractivity contribution is 5.98. The molecule has 1 saturated heterocycles. The topological polar surface area (TPSA) is 40.2 Å². The molecule has 1 saturated carbocycles. The molecule has 2 atom stereocenters. The van der Waals surface area contributed by atoms with Gasteiger partial charge in [-0.2, -0.15) is 0 Å². The first kappa shape index (κ1) is 17.1. The summed E-state index contributed by atoms with van der Waals surface area (Å²) in [5, 5.41) is 0. The molecule has 2 aliphatic rings. The second kappa shape index (κ2) is 6.67. The van der Waals surface area contributed by atoms with E-state index in [9.17, 15) is 0 Å². The van der Waals surface area contributed by atoms with E-state index >= 15 is 0 Å². The third-order valence-corrected chi connectivity index (χ3v) is 4.72. The number of hydrogen-bond donors (Lipinski definition) is 0. The van der Waals surface area contributed by atoms with Crippen molar-refractivity contribution in [2.24, 2.45) is 0 Å². The predicted molar refractivity (Wildman–Crippen MR) is 79.0 cm³/mol. The molecule has 1 heterocycles. The Bertz CT molecular complexity index is 251. The molecule has 1 aliphatic carbocycles. The van der Waals surface area contributed by atoms with Crippen LogP contribution in [0.25, 0.3) is 0 Å². The van der Waals surface area contributed by atoms with E-state index in [1.54, 1.807) is 0 Å². The first-order valence-electron chi connectivity index (χ1n) is 7.38. The molecule has 0 spiro atoms. The van der Waals surface area contributed by atoms with Gasteiger partial charge >= 0.3 is 0 Å². The van der Waals surface area contributed by atoms with Crippen molar-refractivity contribution in [2.45, 2.75) is 77.5 Å². The molecule has 0 radical (unpaired) electrons. The number of fused-ring (bicyclic) bond motifs is 1. The van der Waals surface area contributed by atoms with Crippen LogP contribution in [0.1, 0.15) is 60.3 Å². The molecule has 0 N–H and O–H groups in total. The van der Waals surface area contributed by atoms with Crippen LogP contribution >= 0.6 is 0 Å². The number of epoxide rings is 1. The van der Waals surface area contributed by atoms with Crippen molar-refractivity contribution >= 4 is 10.5 Å². The first-order chi connectivity index (χ1) is 8.85. The fourth-order valence-corrected chi connectivity index (χ4v) is 2.33. The van der Waals surface area contributed by atoms with E-state index < -0.39 is 0 Å². The van der Waals surface area contributed by atoms with Crippen LogP contribution in [0.15, 0.2) is 0 Å². The molecule has 0 aromatic carbocycles. The maximum Gasteiger partial charge on any atom is 0.226 e. The van der Waals surface area contributed by atoms with Gasteiger partial charge in [0.15, 0.2) is 0 Å². The van der Waals surface area contributed by atoms with Gasteiger partial charge in [-0.05, 0) is 47.5 Å². The van der Waals surface area contributed by atoms with Crippen molar-refractivity contribution in [3.63, 3.8) is 0 Å². The monoisotopic (exact) mass is 290 g/mol. The van der Waals surface area contributed by atoms with Crippen molar-refractivity contribution in [3.8, 4) is 0 Å². The normalized spacial score (nSPS) is 33.3. The van der Waals surface area contributed by atoms with Gasteiger partial charge in [0, 0.05) is 31.7 Å². The van der Waals surface area contributed by atoms with Crippen LogP contribution in [0.5, 0.6) is 0 Å². The van der Waals surface area contributed by atoms with E-state index in [-0.39, 0.29) is 17.2 Å². The van der Waals surface area contributed by atoms with E-state index in [4.69, 9.17) is 18.6 Å². The molecule has 2 unspecified atom stereocenters. The van der Waals surface area contributed by atoms with Gasteiger partial charge in [0.1, 0.15) is 10.5 Å². The first-order valence-corrected chi connectivity index (χ1v) is 8.19. The van der Waals surface area contributed by atoms with E-state index in [0.717, 1.165) is 23.3 Å². The molecule has 114 valence electrons. The summed E-state index contributed by atoms with van der Waals surface area (Å²) in [6, 6.07) is 0. The lowest BCUT2D eigenvalue weighted by Gasteiger charge is -2.23. The van der Waals surface area contributed by atoms with Gasteiger partial charge in [-0.25, -0.2) is 0 Å². The summed E-state index contributed by atoms with van der Waals surface area (Å²) in [6.45, 7) is 11.6. The van der Waals surface area contributed by atoms with Crippen LogP contribution < -0.4 is 0 Å². The lowest BCUT2D eigenvalue weighted by Crippen LogP contribution is -2.34. The van der Waals surface area contributed by atoms with E-state index in [1.807, 2.05) is 13.8 Å². The van der Waals surface area contributed by atoms with Crippen LogP contribution in [0.3, 0.4) is 0 Å². The summed E-state index contributed by atoms with van der Waals surface area (Å²) >= 11 is 0. The third kappa shape index (κ3) is 4.26. The Hall–Kier alpha value is 0.0569. The Morgan fingerprint density at radius 1 is 1.00 bits per heavy atom. The second-order valence-corrected chi connectivity index (χ2v) is 6.41. The van der Waals surface area contributed by atoms with Gasteiger partial charge in [0.2, 0.25) is 11.6 Å². The Morgan fingerprint density at radius 3 is 1.63 bits per heavy atom. The van der Waals surface area contributed by atoms with Crippen LogP contribution in [-0.4, -0.2) is 40.9 Å². The molecule has 19 heavy (non-hydrogen) atoms. The molecular formula is C14H30O4Si. The van der Waals surface area contributed by atoms with Crippen molar-refractivity contribution in [1.82, 2.24) is 0 Å². The lowest BCUT2D eigenvalue weighted by atomic mass is 9.94. The standard InChI is InChI=1S/C10H18O3.C4H12OSi/c1-3-11-9-7-5-6-8-10(9,13-9)12-4-2;1-4(2,3)5-6/h3-8H2,1-2H3;1-3,6H3. The molecule has 0 bridgehead atoms. The average Bonchev–Trinajstić information content (AvgIpc) is 2.98. The van der Waals surface area contributed by atoms with Crippen LogP contribution in [0, 0.1) is 0 Å². The highest BCUT2D eigenvalue weighted by atomic mass is 28.2. The summed E-state index contributed by atoms with van der Waals surface area (Å²) < 4.78 is 22.1. The number of rotatable bonds is 4. The summed E-state index contributed by atoms with van der Waals surface area (Å²) in [5.74, 6) is -0.758. The molecule has 2 rings (SSSR count). The Morgan fingerprint density at radius 2 is 1.37 bits per heavy atom. The maximum absolute atomic E-state index is 5.69. The molecular weight excluding hydrogens is 260 g/mol. The largest absolute Gasteiger partial charge is 0.423 e. The van der Waals surface area contributed by atoms with Crippen LogP contribution in [0.4, 0.5) is 0 Å². The zero-order chi connectivity index (χ0) is 14.6. The maximum atomic E-state index is 5.69. The summed E-state index contributed by atoms with van der Waals surface area (Å²) in [4.78, 5) is 0. The van der Waals surface area contributed by atoms with Crippen LogP contribution in [-0.2, 0) is 18.6 Å². The van der Waals surface area contributed by atoms with Crippen molar-refractivity contribution in [2.75, 3.05) is 13.2 Å². The van der Waals surface area contributed by atoms with E-state index in [1.165, 1.54) is 12.8 Å². The van der Waals surface area contributed by atoms with E-state index in [2.05, 4.69) is 20.8 Å². The molecule has 0 aromatic rings. The molecule has 0 aromatic heterocycles. The molecule has 0 amide bonds. The predicted octanol–water partition coefficient (Wildman–Crippen LogP) is 2.14. The van der Waals surface area contributed by atoms with Gasteiger partial charge in [-0.3, -0.25) is 0 Å². The molecule has 1 aliphatic heterocycles. The summed E-state index contributed by atoms with van der Waals surface area (Å²) in [6.07, 6.45) is 4.35. The highest BCUT2D eigenvalue weighted by Gasteiger charge is 2.73. The van der Waals surface area contributed by atoms with Gasteiger partial charge in [-0.1, -0.05) is 0 Å². The van der Waals surface area contributed by atoms with Gasteiger partial charge in [0.25, 0.3) is 0 Å². The van der Waals surface area contributed by atoms with Crippen LogP contribution in [0.2, 0.25) is 0 Å². The summed E-state index contributed by atoms with van der Waals surface area (Å²) in [5.41, 5.74) is 0.103. The minimum Gasteiger partial charge on any atom is -0.423 e. The second-order valence-electron chi connectivity index (χ2n) is 6.00. The third-order valence-electron chi connectivity index (χ3n) is 3.50. The van der Waals surface area contributed by atoms with Crippen molar-refractivity contribution < 1.29 is 18.6 Å². The van der Waals surface area contributed by atoms with Crippen molar-refractivity contribution in [3.05, 3.63) is 0 Å². The smallest absolute Gasteiger partial charge is 0.226 e. The highest BCUT2D eigenvalue weighted by Crippen LogP contribution is 2.58. The van der Waals surface area contributed by atoms with E-state index in [0.29, 0.717) is 13.2 Å². The Balaban J connectivity index is 0.000000258. The fourth-order valence-electron chi connectivity index (χ4n) is 2.33. The minimum absolute atomic E-state index is 0.103.